The SMILES string of the molecule is c1ccc(-c2ccc3c4c(-c5ccccc5)c5c(cc4n(-c4ccc(N(c6ccccc6)c6ccccc6)cc4)c3c2)oc2ccccc25)cc1. The molecule has 3 heteroatoms. The van der Waals surface area contributed by atoms with Crippen LogP contribution < -0.4 is 4.90 Å². The van der Waals surface area contributed by atoms with Crippen molar-refractivity contribution in [1.29, 1.82) is 0 Å². The van der Waals surface area contributed by atoms with Crippen LogP contribution in [0.2, 0.25) is 0 Å². The Labute approximate surface area is 295 Å². The lowest BCUT2D eigenvalue weighted by molar-refractivity contribution is 0.669. The second-order valence-corrected chi connectivity index (χ2v) is 12.9. The van der Waals surface area contributed by atoms with Gasteiger partial charge in [-0.2, -0.15) is 0 Å². The van der Waals surface area contributed by atoms with Crippen LogP contribution in [0.3, 0.4) is 0 Å². The Morgan fingerprint density at radius 1 is 0.373 bits per heavy atom. The zero-order chi connectivity index (χ0) is 33.7. The highest BCUT2D eigenvalue weighted by atomic mass is 16.3. The lowest BCUT2D eigenvalue weighted by Crippen LogP contribution is -2.09. The van der Waals surface area contributed by atoms with Crippen molar-refractivity contribution in [2.75, 3.05) is 4.90 Å². The minimum atomic E-state index is 0.880. The summed E-state index contributed by atoms with van der Waals surface area (Å²) < 4.78 is 9.04. The first-order chi connectivity index (χ1) is 25.3. The minimum absolute atomic E-state index is 0.880. The number of hydrogen-bond donors (Lipinski definition) is 0. The third-order valence-corrected chi connectivity index (χ3v) is 9.96. The Morgan fingerprint density at radius 2 is 0.941 bits per heavy atom. The first kappa shape index (κ1) is 29.1. The van der Waals surface area contributed by atoms with Crippen LogP contribution in [0.1, 0.15) is 0 Å². The average Bonchev–Trinajstić information content (AvgIpc) is 3.74. The van der Waals surface area contributed by atoms with Gasteiger partial charge in [0.2, 0.25) is 0 Å². The standard InChI is InChI=1S/C48H32N2O/c1-5-15-33(16-6-1)35-25-30-40-42(31-35)50(39-28-26-38(27-29-39)49(36-19-9-3-10-20-36)37-21-11-4-12-22-37)43-32-45-48(41-23-13-14-24-44(41)51-45)46(47(40)43)34-17-7-2-8-18-34/h1-32H. The van der Waals surface area contributed by atoms with Crippen molar-refractivity contribution in [2.24, 2.45) is 0 Å². The molecule has 0 radical (unpaired) electrons. The molecule has 0 bridgehead atoms. The molecule has 0 N–H and O–H groups in total. The zero-order valence-electron chi connectivity index (χ0n) is 27.8. The van der Waals surface area contributed by atoms with E-state index < -0.39 is 0 Å². The molecule has 0 aliphatic heterocycles. The van der Waals surface area contributed by atoms with Crippen molar-refractivity contribution in [3.63, 3.8) is 0 Å². The van der Waals surface area contributed by atoms with Crippen LogP contribution >= 0.6 is 0 Å². The summed E-state index contributed by atoms with van der Waals surface area (Å²) in [5, 5.41) is 4.69. The largest absolute Gasteiger partial charge is 0.456 e. The van der Waals surface area contributed by atoms with E-state index in [4.69, 9.17) is 4.42 Å². The van der Waals surface area contributed by atoms with Crippen molar-refractivity contribution in [3.8, 4) is 27.9 Å². The van der Waals surface area contributed by atoms with E-state index in [9.17, 15) is 0 Å². The summed E-state index contributed by atoms with van der Waals surface area (Å²) in [6.07, 6.45) is 0. The van der Waals surface area contributed by atoms with Crippen molar-refractivity contribution in [2.45, 2.75) is 0 Å². The first-order valence-electron chi connectivity index (χ1n) is 17.4. The molecule has 8 aromatic carbocycles. The maximum absolute atomic E-state index is 6.63. The van der Waals surface area contributed by atoms with Crippen LogP contribution in [0.15, 0.2) is 199 Å². The highest BCUT2D eigenvalue weighted by molar-refractivity contribution is 6.27. The molecule has 0 saturated carbocycles. The Hall–Kier alpha value is -6.84. The number of para-hydroxylation sites is 3. The van der Waals surface area contributed by atoms with Crippen LogP contribution in [-0.4, -0.2) is 4.57 Å². The molecular formula is C48H32N2O. The van der Waals surface area contributed by atoms with Crippen LogP contribution in [0, 0.1) is 0 Å². The zero-order valence-corrected chi connectivity index (χ0v) is 27.8. The molecule has 240 valence electrons. The Kier molecular flexibility index (Phi) is 6.81. The average molecular weight is 653 g/mol. The van der Waals surface area contributed by atoms with E-state index in [1.54, 1.807) is 0 Å². The predicted octanol–water partition coefficient (Wildman–Crippen LogP) is 13.5. The molecule has 0 spiro atoms. The van der Waals surface area contributed by atoms with Gasteiger partial charge in [0.15, 0.2) is 0 Å². The molecule has 3 nitrogen and oxygen atoms in total. The minimum Gasteiger partial charge on any atom is -0.456 e. The van der Waals surface area contributed by atoms with Crippen molar-refractivity contribution in [3.05, 3.63) is 194 Å². The summed E-state index contributed by atoms with van der Waals surface area (Å²) in [5.74, 6) is 0. The fourth-order valence-electron chi connectivity index (χ4n) is 7.71. The van der Waals surface area contributed by atoms with Crippen LogP contribution in [0.5, 0.6) is 0 Å². The molecule has 0 aliphatic carbocycles. The second-order valence-electron chi connectivity index (χ2n) is 12.9. The van der Waals surface area contributed by atoms with Crippen LogP contribution in [0.4, 0.5) is 17.1 Å². The van der Waals surface area contributed by atoms with Gasteiger partial charge in [-0.1, -0.05) is 127 Å². The number of rotatable bonds is 6. The van der Waals surface area contributed by atoms with Crippen molar-refractivity contribution >= 4 is 60.8 Å². The van der Waals surface area contributed by atoms with Gasteiger partial charge in [-0.05, 0) is 77.4 Å². The van der Waals surface area contributed by atoms with Gasteiger partial charge in [0.05, 0.1) is 11.0 Å². The van der Waals surface area contributed by atoms with Gasteiger partial charge in [0.25, 0.3) is 0 Å². The third kappa shape index (κ3) is 4.82. The van der Waals surface area contributed by atoms with Gasteiger partial charge in [0.1, 0.15) is 11.2 Å². The molecular weight excluding hydrogens is 621 g/mol. The van der Waals surface area contributed by atoms with Gasteiger partial charge in [-0.15, -0.1) is 0 Å². The highest BCUT2D eigenvalue weighted by Gasteiger charge is 2.23. The van der Waals surface area contributed by atoms with Gasteiger partial charge < -0.3 is 13.9 Å². The van der Waals surface area contributed by atoms with E-state index in [1.807, 2.05) is 6.07 Å². The topological polar surface area (TPSA) is 21.3 Å². The highest BCUT2D eigenvalue weighted by Crippen LogP contribution is 2.47. The van der Waals surface area contributed by atoms with Crippen LogP contribution in [0.25, 0.3) is 71.7 Å². The maximum Gasteiger partial charge on any atom is 0.138 e. The molecule has 10 rings (SSSR count). The van der Waals surface area contributed by atoms with Gasteiger partial charge in [-0.25, -0.2) is 0 Å². The summed E-state index contributed by atoms with van der Waals surface area (Å²) in [5.41, 5.74) is 13.2. The molecule has 0 aliphatic rings. The Bertz CT molecular complexity index is 2780. The number of anilines is 3. The molecule has 51 heavy (non-hydrogen) atoms. The number of fused-ring (bicyclic) bond motifs is 6. The molecule has 0 unspecified atom stereocenters. The molecule has 0 fully saturated rings. The van der Waals surface area contributed by atoms with Gasteiger partial charge in [-0.3, -0.25) is 0 Å². The Morgan fingerprint density at radius 3 is 1.61 bits per heavy atom. The summed E-state index contributed by atoms with van der Waals surface area (Å²) in [7, 11) is 0. The number of furan rings is 1. The number of benzene rings is 8. The molecule has 10 aromatic rings. The number of aromatic nitrogens is 1. The fraction of sp³-hybridized carbons (Fsp3) is 0. The normalized spacial score (nSPS) is 11.5. The lowest BCUT2D eigenvalue weighted by Gasteiger charge is -2.25. The molecule has 0 saturated heterocycles. The lowest BCUT2D eigenvalue weighted by atomic mass is 9.94. The Balaban J connectivity index is 1.27. The predicted molar refractivity (Wildman–Crippen MR) is 214 cm³/mol. The van der Waals surface area contributed by atoms with E-state index in [2.05, 4.69) is 198 Å². The number of nitrogens with zero attached hydrogens (tertiary/aromatic N) is 2. The summed E-state index contributed by atoms with van der Waals surface area (Å²) in [6, 6.07) is 69.0. The molecule has 0 amide bonds. The summed E-state index contributed by atoms with van der Waals surface area (Å²) in [6.45, 7) is 0. The second kappa shape index (κ2) is 11.9. The van der Waals surface area contributed by atoms with E-state index in [0.717, 1.165) is 55.7 Å². The third-order valence-electron chi connectivity index (χ3n) is 9.96. The van der Waals surface area contributed by atoms with Crippen LogP contribution in [-0.2, 0) is 0 Å². The van der Waals surface area contributed by atoms with E-state index >= 15 is 0 Å². The van der Waals surface area contributed by atoms with Crippen molar-refractivity contribution in [1.82, 2.24) is 4.57 Å². The van der Waals surface area contributed by atoms with E-state index in [0.29, 0.717) is 0 Å². The number of hydrogen-bond acceptors (Lipinski definition) is 2. The quantitative estimate of drug-likeness (QED) is 0.178. The maximum atomic E-state index is 6.63. The molecule has 2 heterocycles. The summed E-state index contributed by atoms with van der Waals surface area (Å²) in [4.78, 5) is 2.30. The monoisotopic (exact) mass is 652 g/mol. The first-order valence-corrected chi connectivity index (χ1v) is 17.4. The fourth-order valence-corrected chi connectivity index (χ4v) is 7.71. The van der Waals surface area contributed by atoms with Crippen molar-refractivity contribution < 1.29 is 4.42 Å². The summed E-state index contributed by atoms with van der Waals surface area (Å²) >= 11 is 0. The smallest absolute Gasteiger partial charge is 0.138 e. The van der Waals surface area contributed by atoms with E-state index in [1.165, 1.54) is 33.0 Å². The molecule has 0 atom stereocenters. The van der Waals surface area contributed by atoms with E-state index in [-0.39, 0.29) is 0 Å². The van der Waals surface area contributed by atoms with Gasteiger partial charge >= 0.3 is 0 Å². The molecule has 2 aromatic heterocycles. The van der Waals surface area contributed by atoms with Gasteiger partial charge in [0, 0.05) is 55.9 Å².